The van der Waals surface area contributed by atoms with Crippen LogP contribution in [0.15, 0.2) is 42.0 Å². The van der Waals surface area contributed by atoms with Gasteiger partial charge in [0.2, 0.25) is 0 Å². The average Bonchev–Trinajstić information content (AvgIpc) is 3.36. The van der Waals surface area contributed by atoms with Gasteiger partial charge in [0.15, 0.2) is 0 Å². The highest BCUT2D eigenvalue weighted by Crippen LogP contribution is 2.29. The van der Waals surface area contributed by atoms with Crippen molar-refractivity contribution in [1.82, 2.24) is 9.80 Å². The average molecular weight is 555 g/mol. The number of carbonyl (C=O) groups is 1. The quantitative estimate of drug-likeness (QED) is 0.275. The van der Waals surface area contributed by atoms with Crippen LogP contribution in [-0.4, -0.2) is 61.1 Å². The molecule has 40 heavy (non-hydrogen) atoms. The molecule has 1 heterocycles. The van der Waals surface area contributed by atoms with Crippen LogP contribution in [0.4, 0.5) is 8.78 Å². The molecule has 0 radical (unpaired) electrons. The highest BCUT2D eigenvalue weighted by Gasteiger charge is 2.31. The third kappa shape index (κ3) is 8.29. The highest BCUT2D eigenvalue weighted by molar-refractivity contribution is 5.95. The monoisotopic (exact) mass is 554 g/mol. The summed E-state index contributed by atoms with van der Waals surface area (Å²) in [5.41, 5.74) is 1.64. The number of benzene rings is 2. The van der Waals surface area contributed by atoms with Crippen molar-refractivity contribution in [3.8, 4) is 11.5 Å². The number of rotatable bonds is 12. The van der Waals surface area contributed by atoms with Crippen LogP contribution in [0, 0.1) is 17.6 Å². The fourth-order valence-electron chi connectivity index (χ4n) is 6.13. The molecule has 2 fully saturated rings. The Morgan fingerprint density at radius 2 is 1.68 bits per heavy atom. The lowest BCUT2D eigenvalue weighted by Crippen LogP contribution is -2.45. The normalized spacial score (nSPS) is 18.6. The molecule has 1 saturated carbocycles. The van der Waals surface area contributed by atoms with E-state index in [-0.39, 0.29) is 11.9 Å². The van der Waals surface area contributed by atoms with Gasteiger partial charge in [-0.3, -0.25) is 9.69 Å². The van der Waals surface area contributed by atoms with Crippen LogP contribution in [0.5, 0.6) is 11.5 Å². The number of hydrogen-bond donors (Lipinski definition) is 0. The molecular weight excluding hydrogens is 510 g/mol. The van der Waals surface area contributed by atoms with E-state index in [2.05, 4.69) is 4.90 Å². The minimum Gasteiger partial charge on any atom is -0.494 e. The molecule has 0 spiro atoms. The van der Waals surface area contributed by atoms with Gasteiger partial charge in [-0.15, -0.1) is 0 Å². The summed E-state index contributed by atoms with van der Waals surface area (Å²) in [6, 6.07) is 9.20. The SMILES string of the molecule is CCOc1cc(OCC)cc(C(=O)N(CC(C)=Cc2ccc(F)cc2F)CC2CCCN2CC2CCCCC2)c1. The smallest absolute Gasteiger partial charge is 0.254 e. The van der Waals surface area contributed by atoms with Gasteiger partial charge in [-0.1, -0.05) is 30.9 Å². The van der Waals surface area contributed by atoms with Crippen molar-refractivity contribution in [1.29, 1.82) is 0 Å². The summed E-state index contributed by atoms with van der Waals surface area (Å²) in [4.78, 5) is 18.5. The van der Waals surface area contributed by atoms with E-state index in [0.29, 0.717) is 48.9 Å². The zero-order valence-electron chi connectivity index (χ0n) is 24.3. The molecule has 0 aromatic heterocycles. The van der Waals surface area contributed by atoms with Gasteiger partial charge in [0.25, 0.3) is 5.91 Å². The molecule has 1 aliphatic heterocycles. The number of likely N-dealkylation sites (tertiary alicyclic amines) is 1. The first-order valence-electron chi connectivity index (χ1n) is 14.9. The van der Waals surface area contributed by atoms with Gasteiger partial charge in [-0.25, -0.2) is 8.78 Å². The molecular formula is C33H44F2N2O3. The second kappa shape index (κ2) is 14.6. The molecule has 1 aliphatic carbocycles. The number of carbonyl (C=O) groups excluding carboxylic acids is 1. The number of halogens is 2. The Labute approximate surface area is 238 Å². The Balaban J connectivity index is 1.59. The van der Waals surface area contributed by atoms with E-state index >= 15 is 0 Å². The molecule has 2 aromatic rings. The van der Waals surface area contributed by atoms with Gasteiger partial charge in [0.05, 0.1) is 13.2 Å². The van der Waals surface area contributed by atoms with Crippen molar-refractivity contribution < 1.29 is 23.0 Å². The second-order valence-electron chi connectivity index (χ2n) is 11.2. The molecule has 1 amide bonds. The standard InChI is InChI=1S/C33H44F2N2O3/c1-4-39-30-17-27(18-31(20-30)40-5-2)33(38)37(21-24(3)16-26-13-14-28(34)19-32(26)35)23-29-12-9-15-36(29)22-25-10-7-6-8-11-25/h13-14,16-20,25,29H,4-12,15,21-23H2,1-3H3. The van der Waals surface area contributed by atoms with Crippen molar-refractivity contribution in [3.63, 3.8) is 0 Å². The zero-order chi connectivity index (χ0) is 28.5. The molecule has 1 unspecified atom stereocenters. The molecule has 4 rings (SSSR count). The van der Waals surface area contributed by atoms with Crippen LogP contribution < -0.4 is 9.47 Å². The minimum absolute atomic E-state index is 0.112. The number of nitrogens with zero attached hydrogens (tertiary/aromatic N) is 2. The summed E-state index contributed by atoms with van der Waals surface area (Å²) in [5.74, 6) is 0.590. The topological polar surface area (TPSA) is 42.0 Å². The predicted octanol–water partition coefficient (Wildman–Crippen LogP) is 7.35. The predicted molar refractivity (Wildman–Crippen MR) is 156 cm³/mol. The van der Waals surface area contributed by atoms with Crippen LogP contribution in [0.1, 0.15) is 81.6 Å². The number of ether oxygens (including phenoxy) is 2. The lowest BCUT2D eigenvalue weighted by Gasteiger charge is -2.34. The summed E-state index contributed by atoms with van der Waals surface area (Å²) < 4.78 is 39.3. The van der Waals surface area contributed by atoms with Gasteiger partial charge in [-0.05, 0) is 83.2 Å². The molecule has 2 aliphatic rings. The summed E-state index contributed by atoms with van der Waals surface area (Å²) in [6.45, 7) is 9.75. The van der Waals surface area contributed by atoms with Gasteiger partial charge in [0.1, 0.15) is 23.1 Å². The van der Waals surface area contributed by atoms with E-state index in [1.165, 1.54) is 44.2 Å². The van der Waals surface area contributed by atoms with Crippen LogP contribution in [-0.2, 0) is 0 Å². The third-order valence-electron chi connectivity index (χ3n) is 7.99. The van der Waals surface area contributed by atoms with Gasteiger partial charge in [-0.2, -0.15) is 0 Å². The second-order valence-corrected chi connectivity index (χ2v) is 11.2. The third-order valence-corrected chi connectivity index (χ3v) is 7.99. The van der Waals surface area contributed by atoms with E-state index in [9.17, 15) is 13.6 Å². The molecule has 0 bridgehead atoms. The molecule has 1 saturated heterocycles. The zero-order valence-corrected chi connectivity index (χ0v) is 24.3. The van der Waals surface area contributed by atoms with E-state index < -0.39 is 11.6 Å². The number of hydrogen-bond acceptors (Lipinski definition) is 4. The lowest BCUT2D eigenvalue weighted by atomic mass is 9.89. The minimum atomic E-state index is -0.613. The first-order valence-corrected chi connectivity index (χ1v) is 14.9. The summed E-state index contributed by atoms with van der Waals surface area (Å²) >= 11 is 0. The number of amides is 1. The molecule has 7 heteroatoms. The van der Waals surface area contributed by atoms with Crippen LogP contribution in [0.2, 0.25) is 0 Å². The van der Waals surface area contributed by atoms with Gasteiger partial charge >= 0.3 is 0 Å². The molecule has 2 aromatic carbocycles. The van der Waals surface area contributed by atoms with Gasteiger partial charge < -0.3 is 14.4 Å². The Hall–Kier alpha value is -2.93. The van der Waals surface area contributed by atoms with Crippen molar-refractivity contribution >= 4 is 12.0 Å². The van der Waals surface area contributed by atoms with Gasteiger partial charge in [0, 0.05) is 48.9 Å². The Bertz CT molecular complexity index is 1140. The van der Waals surface area contributed by atoms with E-state index in [4.69, 9.17) is 9.47 Å². The van der Waals surface area contributed by atoms with Crippen molar-refractivity contribution in [2.24, 2.45) is 5.92 Å². The fraction of sp³-hybridized carbons (Fsp3) is 0.545. The molecule has 218 valence electrons. The van der Waals surface area contributed by atoms with Crippen LogP contribution >= 0.6 is 0 Å². The Morgan fingerprint density at radius 3 is 2.33 bits per heavy atom. The van der Waals surface area contributed by atoms with Crippen LogP contribution in [0.3, 0.4) is 0 Å². The maximum absolute atomic E-state index is 14.4. The molecule has 1 atom stereocenters. The van der Waals surface area contributed by atoms with Crippen molar-refractivity contribution in [2.45, 2.75) is 71.8 Å². The van der Waals surface area contributed by atoms with E-state index in [1.54, 1.807) is 24.3 Å². The first-order chi connectivity index (χ1) is 19.4. The van der Waals surface area contributed by atoms with E-state index in [1.807, 2.05) is 25.7 Å². The molecule has 0 N–H and O–H groups in total. The van der Waals surface area contributed by atoms with E-state index in [0.717, 1.165) is 43.5 Å². The Kier molecular flexibility index (Phi) is 11.0. The maximum atomic E-state index is 14.4. The Morgan fingerprint density at radius 1 is 0.975 bits per heavy atom. The van der Waals surface area contributed by atoms with Crippen molar-refractivity contribution in [3.05, 3.63) is 64.7 Å². The highest BCUT2D eigenvalue weighted by atomic mass is 19.1. The largest absolute Gasteiger partial charge is 0.494 e. The summed E-state index contributed by atoms with van der Waals surface area (Å²) in [7, 11) is 0. The van der Waals surface area contributed by atoms with Crippen molar-refractivity contribution in [2.75, 3.05) is 39.4 Å². The maximum Gasteiger partial charge on any atom is 0.254 e. The summed E-state index contributed by atoms with van der Waals surface area (Å²) in [5, 5.41) is 0. The molecule has 5 nitrogen and oxygen atoms in total. The lowest BCUT2D eigenvalue weighted by molar-refractivity contribution is 0.0709. The fourth-order valence-corrected chi connectivity index (χ4v) is 6.13. The summed E-state index contributed by atoms with van der Waals surface area (Å²) in [6.07, 6.45) is 10.4. The first kappa shape index (κ1) is 30.0. The van der Waals surface area contributed by atoms with Crippen LogP contribution in [0.25, 0.3) is 6.08 Å².